The fourth-order valence-corrected chi connectivity index (χ4v) is 4.46. The van der Waals surface area contributed by atoms with Crippen molar-refractivity contribution in [1.29, 1.82) is 0 Å². The summed E-state index contributed by atoms with van der Waals surface area (Å²) in [5, 5.41) is 3.16. The van der Waals surface area contributed by atoms with Crippen LogP contribution in [0.3, 0.4) is 0 Å². The standard InChI is InChI=1S/C24H34N6O/c1-20-8-12-26-24(27-20)30-14-9-21(10-15-30)23(31)25-11-5-13-28-16-18-29(19-17-28)22-6-3-2-4-7-22/h2-4,6-8,12,21H,5,9-11,13-19H2,1H3,(H,25,31). The number of nitrogens with zero attached hydrogens (tertiary/aromatic N) is 5. The van der Waals surface area contributed by atoms with Crippen LogP contribution in [0.5, 0.6) is 0 Å². The van der Waals surface area contributed by atoms with E-state index in [2.05, 4.69) is 60.3 Å². The second-order valence-electron chi connectivity index (χ2n) is 8.57. The maximum absolute atomic E-state index is 12.6. The summed E-state index contributed by atoms with van der Waals surface area (Å²) in [5.41, 5.74) is 2.29. The molecule has 0 aliphatic carbocycles. The van der Waals surface area contributed by atoms with Crippen molar-refractivity contribution < 1.29 is 4.79 Å². The number of hydrogen-bond donors (Lipinski definition) is 1. The first-order valence-corrected chi connectivity index (χ1v) is 11.5. The number of hydrogen-bond acceptors (Lipinski definition) is 6. The summed E-state index contributed by atoms with van der Waals surface area (Å²) in [4.78, 5) is 28.6. The van der Waals surface area contributed by atoms with Crippen molar-refractivity contribution in [2.75, 3.05) is 62.2 Å². The van der Waals surface area contributed by atoms with E-state index in [1.54, 1.807) is 6.20 Å². The van der Waals surface area contributed by atoms with Gasteiger partial charge in [-0.2, -0.15) is 0 Å². The normalized spacial score (nSPS) is 18.2. The van der Waals surface area contributed by atoms with Crippen LogP contribution in [-0.2, 0) is 4.79 Å². The summed E-state index contributed by atoms with van der Waals surface area (Å²) >= 11 is 0. The molecule has 1 aromatic carbocycles. The van der Waals surface area contributed by atoms with Crippen LogP contribution in [0, 0.1) is 12.8 Å². The van der Waals surface area contributed by atoms with Gasteiger partial charge in [0.15, 0.2) is 0 Å². The minimum Gasteiger partial charge on any atom is -0.369 e. The van der Waals surface area contributed by atoms with Crippen LogP contribution in [-0.4, -0.2) is 73.1 Å². The number of carbonyl (C=O) groups excluding carboxylic acids is 1. The predicted molar refractivity (Wildman–Crippen MR) is 124 cm³/mol. The van der Waals surface area contributed by atoms with E-state index in [1.807, 2.05) is 13.0 Å². The van der Waals surface area contributed by atoms with E-state index in [-0.39, 0.29) is 11.8 Å². The molecule has 31 heavy (non-hydrogen) atoms. The molecule has 2 aliphatic heterocycles. The second kappa shape index (κ2) is 10.6. The average molecular weight is 423 g/mol. The van der Waals surface area contributed by atoms with Gasteiger partial charge >= 0.3 is 0 Å². The maximum atomic E-state index is 12.6. The lowest BCUT2D eigenvalue weighted by Crippen LogP contribution is -2.47. The van der Waals surface area contributed by atoms with Crippen molar-refractivity contribution in [1.82, 2.24) is 20.2 Å². The molecule has 0 bridgehead atoms. The van der Waals surface area contributed by atoms with Crippen molar-refractivity contribution in [3.8, 4) is 0 Å². The van der Waals surface area contributed by atoms with Gasteiger partial charge in [0.25, 0.3) is 0 Å². The molecule has 3 heterocycles. The van der Waals surface area contributed by atoms with E-state index in [0.29, 0.717) is 0 Å². The van der Waals surface area contributed by atoms with E-state index < -0.39 is 0 Å². The lowest BCUT2D eigenvalue weighted by atomic mass is 9.96. The number of para-hydroxylation sites is 1. The monoisotopic (exact) mass is 422 g/mol. The minimum absolute atomic E-state index is 0.107. The first-order valence-electron chi connectivity index (χ1n) is 11.5. The number of piperidine rings is 1. The number of aryl methyl sites for hydroxylation is 1. The topological polar surface area (TPSA) is 64.6 Å². The zero-order chi connectivity index (χ0) is 21.5. The molecule has 7 nitrogen and oxygen atoms in total. The quantitative estimate of drug-likeness (QED) is 0.691. The van der Waals surface area contributed by atoms with Crippen LogP contribution in [0.15, 0.2) is 42.6 Å². The molecular formula is C24H34N6O. The van der Waals surface area contributed by atoms with Crippen LogP contribution in [0.25, 0.3) is 0 Å². The Morgan fingerprint density at radius 3 is 2.45 bits per heavy atom. The summed E-state index contributed by atoms with van der Waals surface area (Å²) in [6.45, 7) is 9.78. The number of piperazine rings is 1. The molecular weight excluding hydrogens is 388 g/mol. The van der Waals surface area contributed by atoms with Crippen molar-refractivity contribution in [2.45, 2.75) is 26.2 Å². The van der Waals surface area contributed by atoms with Crippen LogP contribution in [0.4, 0.5) is 11.6 Å². The molecule has 7 heteroatoms. The highest BCUT2D eigenvalue weighted by Crippen LogP contribution is 2.21. The summed E-state index contributed by atoms with van der Waals surface area (Å²) < 4.78 is 0. The number of nitrogens with one attached hydrogen (secondary N) is 1. The van der Waals surface area contributed by atoms with Gasteiger partial charge in [0.1, 0.15) is 0 Å². The van der Waals surface area contributed by atoms with Gasteiger partial charge in [-0.05, 0) is 50.9 Å². The van der Waals surface area contributed by atoms with Crippen LogP contribution < -0.4 is 15.1 Å². The lowest BCUT2D eigenvalue weighted by molar-refractivity contribution is -0.125. The third kappa shape index (κ3) is 5.94. The van der Waals surface area contributed by atoms with Gasteiger partial charge in [-0.1, -0.05) is 18.2 Å². The van der Waals surface area contributed by atoms with E-state index in [0.717, 1.165) is 83.3 Å². The molecule has 4 rings (SSSR count). The summed E-state index contributed by atoms with van der Waals surface area (Å²) in [5.74, 6) is 1.10. The fraction of sp³-hybridized carbons (Fsp3) is 0.542. The molecule has 0 radical (unpaired) electrons. The predicted octanol–water partition coefficient (Wildman–Crippen LogP) is 2.33. The van der Waals surface area contributed by atoms with Gasteiger partial charge in [-0.25, -0.2) is 9.97 Å². The van der Waals surface area contributed by atoms with E-state index in [1.165, 1.54) is 5.69 Å². The molecule has 1 N–H and O–H groups in total. The lowest BCUT2D eigenvalue weighted by Gasteiger charge is -2.36. The van der Waals surface area contributed by atoms with Gasteiger partial charge in [0.05, 0.1) is 0 Å². The van der Waals surface area contributed by atoms with E-state index in [4.69, 9.17) is 0 Å². The van der Waals surface area contributed by atoms with Gasteiger partial charge in [0.2, 0.25) is 11.9 Å². The molecule has 0 spiro atoms. The third-order valence-corrected chi connectivity index (χ3v) is 6.37. The number of amides is 1. The minimum atomic E-state index is 0.107. The van der Waals surface area contributed by atoms with Crippen molar-refractivity contribution >= 4 is 17.5 Å². The van der Waals surface area contributed by atoms with E-state index >= 15 is 0 Å². The molecule has 2 aliphatic rings. The van der Waals surface area contributed by atoms with Crippen molar-refractivity contribution in [3.63, 3.8) is 0 Å². The SMILES string of the molecule is Cc1ccnc(N2CCC(C(=O)NCCCN3CCN(c4ccccc4)CC3)CC2)n1. The Bertz CT molecular complexity index is 829. The third-order valence-electron chi connectivity index (χ3n) is 6.37. The average Bonchev–Trinajstić information content (AvgIpc) is 2.83. The van der Waals surface area contributed by atoms with Crippen LogP contribution >= 0.6 is 0 Å². The smallest absolute Gasteiger partial charge is 0.225 e. The highest BCUT2D eigenvalue weighted by atomic mass is 16.1. The summed E-state index contributed by atoms with van der Waals surface area (Å²) in [6.07, 6.45) is 4.54. The number of aromatic nitrogens is 2. The fourth-order valence-electron chi connectivity index (χ4n) is 4.46. The summed E-state index contributed by atoms with van der Waals surface area (Å²) in [6, 6.07) is 12.5. The zero-order valence-electron chi connectivity index (χ0n) is 18.5. The zero-order valence-corrected chi connectivity index (χ0v) is 18.5. The first-order chi connectivity index (χ1) is 15.2. The highest BCUT2D eigenvalue weighted by Gasteiger charge is 2.26. The Labute approximate surface area is 185 Å². The van der Waals surface area contributed by atoms with Crippen LogP contribution in [0.1, 0.15) is 25.0 Å². The molecule has 1 amide bonds. The molecule has 0 unspecified atom stereocenters. The molecule has 0 atom stereocenters. The largest absolute Gasteiger partial charge is 0.369 e. The molecule has 2 saturated heterocycles. The Morgan fingerprint density at radius 1 is 1.00 bits per heavy atom. The Hall–Kier alpha value is -2.67. The Balaban J connectivity index is 1.10. The molecule has 0 saturated carbocycles. The van der Waals surface area contributed by atoms with Gasteiger partial charge in [-0.3, -0.25) is 9.69 Å². The van der Waals surface area contributed by atoms with Gasteiger partial charge in [0, 0.05) is 69.3 Å². The maximum Gasteiger partial charge on any atom is 0.225 e. The number of anilines is 2. The molecule has 2 fully saturated rings. The molecule has 2 aromatic rings. The molecule has 166 valence electrons. The number of carbonyl (C=O) groups is 1. The second-order valence-corrected chi connectivity index (χ2v) is 8.57. The Kier molecular flexibility index (Phi) is 7.35. The highest BCUT2D eigenvalue weighted by molar-refractivity contribution is 5.78. The van der Waals surface area contributed by atoms with Gasteiger partial charge < -0.3 is 15.1 Å². The first kappa shape index (κ1) is 21.6. The van der Waals surface area contributed by atoms with E-state index in [9.17, 15) is 4.79 Å². The number of benzene rings is 1. The molecule has 1 aromatic heterocycles. The van der Waals surface area contributed by atoms with Crippen molar-refractivity contribution in [3.05, 3.63) is 48.3 Å². The summed E-state index contributed by atoms with van der Waals surface area (Å²) in [7, 11) is 0. The Morgan fingerprint density at radius 2 is 1.74 bits per heavy atom. The van der Waals surface area contributed by atoms with Crippen molar-refractivity contribution in [2.24, 2.45) is 5.92 Å². The van der Waals surface area contributed by atoms with Crippen LogP contribution in [0.2, 0.25) is 0 Å². The number of rotatable bonds is 7. The van der Waals surface area contributed by atoms with Gasteiger partial charge in [-0.15, -0.1) is 0 Å².